The second-order valence-electron chi connectivity index (χ2n) is 7.24. The van der Waals surface area contributed by atoms with E-state index in [0.29, 0.717) is 25.2 Å². The highest BCUT2D eigenvalue weighted by Gasteiger charge is 2.32. The first kappa shape index (κ1) is 21.5. The number of benzene rings is 1. The molecule has 2 aliphatic rings. The molecule has 30 heavy (non-hydrogen) atoms. The monoisotopic (exact) mass is 415 g/mol. The molecule has 0 spiro atoms. The molecule has 0 aromatic heterocycles. The molecule has 0 bridgehead atoms. The molecule has 1 saturated heterocycles. The molecule has 1 unspecified atom stereocenters. The fourth-order valence-electron chi connectivity index (χ4n) is 3.39. The summed E-state index contributed by atoms with van der Waals surface area (Å²) in [4.78, 5) is 47.8. The lowest BCUT2D eigenvalue weighted by molar-refractivity contribution is -0.146. The third-order valence-electron chi connectivity index (χ3n) is 4.95. The first-order chi connectivity index (χ1) is 14.3. The minimum absolute atomic E-state index is 0.169. The Labute approximate surface area is 174 Å². The Kier molecular flexibility index (Phi) is 6.83. The summed E-state index contributed by atoms with van der Waals surface area (Å²) < 4.78 is 10.1. The van der Waals surface area contributed by atoms with Crippen LogP contribution in [-0.4, -0.2) is 62.1 Å². The van der Waals surface area contributed by atoms with Gasteiger partial charge in [0.25, 0.3) is 0 Å². The molecule has 0 aliphatic carbocycles. The van der Waals surface area contributed by atoms with Crippen molar-refractivity contribution in [2.24, 2.45) is 0 Å². The van der Waals surface area contributed by atoms with Crippen LogP contribution in [0.15, 0.2) is 30.3 Å². The molecule has 2 aliphatic heterocycles. The smallest absolute Gasteiger partial charge is 0.414 e. The Balaban J connectivity index is 1.61. The minimum Gasteiger partial charge on any atom is -0.458 e. The van der Waals surface area contributed by atoms with Crippen LogP contribution in [0.2, 0.25) is 0 Å². The molecule has 2 amide bonds. The maximum Gasteiger partial charge on any atom is 0.414 e. The summed E-state index contributed by atoms with van der Waals surface area (Å²) >= 11 is 0. The fourth-order valence-corrected chi connectivity index (χ4v) is 3.39. The van der Waals surface area contributed by atoms with Crippen LogP contribution in [0.3, 0.4) is 0 Å². The molecule has 2 heterocycles. The molecule has 9 nitrogen and oxygen atoms in total. The number of carbonyl (C=O) groups excluding carboxylic acids is 4. The van der Waals surface area contributed by atoms with Gasteiger partial charge < -0.3 is 20.1 Å². The lowest BCUT2D eigenvalue weighted by Crippen LogP contribution is -2.41. The van der Waals surface area contributed by atoms with Crippen molar-refractivity contribution in [1.29, 1.82) is 0 Å². The van der Waals surface area contributed by atoms with E-state index in [1.165, 1.54) is 18.7 Å². The number of hydrogen-bond acceptors (Lipinski definition) is 7. The van der Waals surface area contributed by atoms with Crippen LogP contribution in [0, 0.1) is 0 Å². The van der Waals surface area contributed by atoms with Crippen LogP contribution >= 0.6 is 0 Å². The Hall–Kier alpha value is -3.20. The predicted molar refractivity (Wildman–Crippen MR) is 109 cm³/mol. The second-order valence-corrected chi connectivity index (χ2v) is 7.24. The average molecular weight is 415 g/mol. The van der Waals surface area contributed by atoms with Gasteiger partial charge in [-0.2, -0.15) is 0 Å². The average Bonchev–Trinajstić information content (AvgIpc) is 3.11. The maximum absolute atomic E-state index is 12.2. The van der Waals surface area contributed by atoms with Gasteiger partial charge in [0.05, 0.1) is 19.1 Å². The number of cyclic esters (lactones) is 1. The number of carbonyl (C=O) groups is 4. The maximum atomic E-state index is 12.2. The van der Waals surface area contributed by atoms with Gasteiger partial charge >= 0.3 is 12.1 Å². The van der Waals surface area contributed by atoms with Crippen LogP contribution in [0.25, 0.3) is 5.57 Å². The van der Waals surface area contributed by atoms with Gasteiger partial charge in [-0.15, -0.1) is 0 Å². The number of Topliss-reactive ketones (excluding diaryl/α,β-unsaturated/α-hetero) is 1. The summed E-state index contributed by atoms with van der Waals surface area (Å²) in [5.74, 6) is -0.823. The molecule has 2 N–H and O–H groups in total. The first-order valence-corrected chi connectivity index (χ1v) is 9.75. The number of rotatable bonds is 7. The summed E-state index contributed by atoms with van der Waals surface area (Å²) in [6.07, 6.45) is 1.66. The van der Waals surface area contributed by atoms with Crippen molar-refractivity contribution in [3.63, 3.8) is 0 Å². The van der Waals surface area contributed by atoms with Gasteiger partial charge in [0.1, 0.15) is 6.10 Å². The van der Waals surface area contributed by atoms with Gasteiger partial charge in [-0.1, -0.05) is 18.2 Å². The number of amides is 2. The summed E-state index contributed by atoms with van der Waals surface area (Å²) in [5.41, 5.74) is 2.66. The van der Waals surface area contributed by atoms with Gasteiger partial charge in [-0.3, -0.25) is 19.3 Å². The molecular formula is C21H25N3O6. The van der Waals surface area contributed by atoms with Crippen molar-refractivity contribution in [2.45, 2.75) is 32.4 Å². The molecule has 1 aromatic carbocycles. The molecule has 160 valence electrons. The van der Waals surface area contributed by atoms with Gasteiger partial charge in [-0.25, -0.2) is 4.79 Å². The van der Waals surface area contributed by atoms with E-state index >= 15 is 0 Å². The summed E-state index contributed by atoms with van der Waals surface area (Å²) in [7, 11) is 0. The molecule has 9 heteroatoms. The number of ketones is 1. The SMILES string of the molecule is CC(=O)NC[C@H]1CN(c2ccc(C3=CCNC(C(=O)COC(C)=O)C3)cc2)C(=O)O1. The van der Waals surface area contributed by atoms with Crippen molar-refractivity contribution in [1.82, 2.24) is 10.6 Å². The van der Waals surface area contributed by atoms with E-state index in [0.717, 1.165) is 11.1 Å². The van der Waals surface area contributed by atoms with Gasteiger partial charge in [-0.05, 0) is 29.7 Å². The van der Waals surface area contributed by atoms with E-state index in [-0.39, 0.29) is 24.8 Å². The Morgan fingerprint density at radius 3 is 2.63 bits per heavy atom. The quantitative estimate of drug-likeness (QED) is 0.639. The van der Waals surface area contributed by atoms with E-state index in [1.807, 2.05) is 30.3 Å². The highest BCUT2D eigenvalue weighted by atomic mass is 16.6. The molecular weight excluding hydrogens is 390 g/mol. The van der Waals surface area contributed by atoms with E-state index in [2.05, 4.69) is 10.6 Å². The highest BCUT2D eigenvalue weighted by molar-refractivity contribution is 5.91. The number of anilines is 1. The number of ether oxygens (including phenoxy) is 2. The predicted octanol–water partition coefficient (Wildman–Crippen LogP) is 1.03. The first-order valence-electron chi connectivity index (χ1n) is 9.75. The van der Waals surface area contributed by atoms with E-state index in [4.69, 9.17) is 9.47 Å². The van der Waals surface area contributed by atoms with Crippen molar-refractivity contribution in [3.05, 3.63) is 35.9 Å². The lowest BCUT2D eigenvalue weighted by Gasteiger charge is -2.23. The number of hydrogen-bond donors (Lipinski definition) is 2. The van der Waals surface area contributed by atoms with E-state index < -0.39 is 24.2 Å². The molecule has 0 saturated carbocycles. The van der Waals surface area contributed by atoms with Crippen molar-refractivity contribution in [3.8, 4) is 0 Å². The van der Waals surface area contributed by atoms with Crippen LogP contribution in [0.5, 0.6) is 0 Å². The standard InChI is InChI=1S/C21H25N3O6/c1-13(25)23-10-18-11-24(21(28)30-18)17-5-3-15(4-6-17)16-7-8-22-19(9-16)20(27)12-29-14(2)26/h3-7,18-19,22H,8-12H2,1-2H3,(H,23,25)/t18-,19?/m0/s1. The number of esters is 1. The zero-order valence-electron chi connectivity index (χ0n) is 17.0. The number of nitrogens with one attached hydrogen (secondary N) is 2. The Morgan fingerprint density at radius 1 is 1.23 bits per heavy atom. The second kappa shape index (κ2) is 9.53. The van der Waals surface area contributed by atoms with Gasteiger partial charge in [0.15, 0.2) is 12.4 Å². The third-order valence-corrected chi connectivity index (χ3v) is 4.95. The fraction of sp³-hybridized carbons (Fsp3) is 0.429. The summed E-state index contributed by atoms with van der Waals surface area (Å²) in [6.45, 7) is 3.62. The Bertz CT molecular complexity index is 864. The van der Waals surface area contributed by atoms with Crippen molar-refractivity contribution in [2.75, 3.05) is 31.1 Å². The Morgan fingerprint density at radius 2 is 1.97 bits per heavy atom. The molecule has 3 rings (SSSR count). The van der Waals surface area contributed by atoms with Crippen LogP contribution in [-0.2, 0) is 23.9 Å². The minimum atomic E-state index is -0.481. The van der Waals surface area contributed by atoms with Crippen molar-refractivity contribution < 1.29 is 28.7 Å². The topological polar surface area (TPSA) is 114 Å². The molecule has 1 aromatic rings. The lowest BCUT2D eigenvalue weighted by atomic mass is 9.93. The van der Waals surface area contributed by atoms with Crippen LogP contribution in [0.1, 0.15) is 25.8 Å². The zero-order chi connectivity index (χ0) is 21.7. The summed E-state index contributed by atoms with van der Waals surface area (Å²) in [6, 6.07) is 7.04. The zero-order valence-corrected chi connectivity index (χ0v) is 17.0. The van der Waals surface area contributed by atoms with Crippen molar-refractivity contribution >= 4 is 35.0 Å². The van der Waals surface area contributed by atoms with E-state index in [1.54, 1.807) is 0 Å². The molecule has 0 radical (unpaired) electrons. The van der Waals surface area contributed by atoms with Gasteiger partial charge in [0.2, 0.25) is 5.91 Å². The molecule has 2 atom stereocenters. The van der Waals surface area contributed by atoms with Crippen LogP contribution in [0.4, 0.5) is 10.5 Å². The normalized spacial score (nSPS) is 20.9. The summed E-state index contributed by atoms with van der Waals surface area (Å²) in [5, 5.41) is 5.76. The van der Waals surface area contributed by atoms with Crippen LogP contribution < -0.4 is 15.5 Å². The highest BCUT2D eigenvalue weighted by Crippen LogP contribution is 2.27. The van der Waals surface area contributed by atoms with Gasteiger partial charge in [0, 0.05) is 26.1 Å². The third kappa shape index (κ3) is 5.44. The van der Waals surface area contributed by atoms with E-state index in [9.17, 15) is 19.2 Å². The number of nitrogens with zero attached hydrogens (tertiary/aromatic N) is 1. The largest absolute Gasteiger partial charge is 0.458 e. The molecule has 1 fully saturated rings.